The summed E-state index contributed by atoms with van der Waals surface area (Å²) in [5, 5.41) is 39.0. The maximum Gasteiger partial charge on any atom is 0.417 e. The molecule has 0 spiro atoms. The zero-order chi connectivity index (χ0) is 25.9. The predicted octanol–water partition coefficient (Wildman–Crippen LogP) is 5.26. The van der Waals surface area contributed by atoms with Crippen molar-refractivity contribution >= 4 is 10.9 Å². The molecule has 4 rings (SSSR count). The van der Waals surface area contributed by atoms with Crippen molar-refractivity contribution < 1.29 is 33.2 Å². The van der Waals surface area contributed by atoms with Crippen LogP contribution in [0.3, 0.4) is 0 Å². The first-order chi connectivity index (χ1) is 17.3. The third kappa shape index (κ3) is 5.06. The van der Waals surface area contributed by atoms with Crippen molar-refractivity contribution in [3.05, 3.63) is 89.1 Å². The van der Waals surface area contributed by atoms with Crippen LogP contribution in [0.25, 0.3) is 16.6 Å². The molecule has 0 bridgehead atoms. The van der Waals surface area contributed by atoms with E-state index in [0.717, 1.165) is 34.3 Å². The molecule has 36 heavy (non-hydrogen) atoms. The summed E-state index contributed by atoms with van der Waals surface area (Å²) < 4.78 is 46.7. The smallest absolute Gasteiger partial charge is 0.417 e. The second-order valence-corrected chi connectivity index (χ2v) is 8.20. The van der Waals surface area contributed by atoms with Gasteiger partial charge in [-0.25, -0.2) is 0 Å². The minimum atomic E-state index is -4.63. The van der Waals surface area contributed by atoms with Gasteiger partial charge in [-0.15, -0.1) is 0 Å². The minimum absolute atomic E-state index is 0.0148. The fraction of sp³-hybridized carbons (Fsp3) is 0.222. The van der Waals surface area contributed by atoms with E-state index >= 15 is 0 Å². The molecule has 4 aromatic rings. The van der Waals surface area contributed by atoms with Gasteiger partial charge in [-0.1, -0.05) is 12.1 Å². The topological polar surface area (TPSA) is 98.6 Å². The van der Waals surface area contributed by atoms with Crippen molar-refractivity contribution in [1.29, 1.82) is 5.26 Å². The van der Waals surface area contributed by atoms with E-state index < -0.39 is 30.0 Å². The zero-order valence-corrected chi connectivity index (χ0v) is 19.0. The van der Waals surface area contributed by atoms with Crippen LogP contribution in [0.5, 0.6) is 11.5 Å². The lowest BCUT2D eigenvalue weighted by molar-refractivity contribution is -0.137. The lowest BCUT2D eigenvalue weighted by Gasteiger charge is -2.12. The molecule has 3 N–H and O–H groups in total. The van der Waals surface area contributed by atoms with E-state index in [-0.39, 0.29) is 12.4 Å². The first-order valence-electron chi connectivity index (χ1n) is 11.2. The molecule has 1 unspecified atom stereocenters. The Morgan fingerprint density at radius 3 is 2.36 bits per heavy atom. The van der Waals surface area contributed by atoms with Crippen molar-refractivity contribution in [2.45, 2.75) is 25.1 Å². The van der Waals surface area contributed by atoms with E-state index in [1.54, 1.807) is 42.5 Å². The molecule has 0 saturated carbocycles. The van der Waals surface area contributed by atoms with Crippen LogP contribution in [0.4, 0.5) is 13.2 Å². The summed E-state index contributed by atoms with van der Waals surface area (Å²) in [5.41, 5.74) is 1.54. The van der Waals surface area contributed by atoms with Gasteiger partial charge in [0.2, 0.25) is 0 Å². The molecule has 0 aliphatic heterocycles. The maximum absolute atomic E-state index is 13.0. The summed E-state index contributed by atoms with van der Waals surface area (Å²) in [5.74, 6) is 0.475. The number of ether oxygens (including phenoxy) is 1. The van der Waals surface area contributed by atoms with E-state index in [2.05, 4.69) is 0 Å². The average molecular weight is 496 g/mol. The number of aliphatic hydroxyl groups excluding tert-OH is 3. The van der Waals surface area contributed by atoms with Gasteiger partial charge in [0.1, 0.15) is 17.6 Å². The van der Waals surface area contributed by atoms with Gasteiger partial charge in [0, 0.05) is 23.9 Å². The highest BCUT2D eigenvalue weighted by Gasteiger charge is 2.33. The van der Waals surface area contributed by atoms with Crippen molar-refractivity contribution in [2.75, 3.05) is 13.2 Å². The van der Waals surface area contributed by atoms with Crippen molar-refractivity contribution in [1.82, 2.24) is 4.57 Å². The van der Waals surface area contributed by atoms with Crippen LogP contribution in [0.2, 0.25) is 0 Å². The summed E-state index contributed by atoms with van der Waals surface area (Å²) in [4.78, 5) is 0. The molecule has 3 aromatic carbocycles. The van der Waals surface area contributed by atoms with Gasteiger partial charge in [0.25, 0.3) is 0 Å². The predicted molar refractivity (Wildman–Crippen MR) is 127 cm³/mol. The number of hydrogen-bond donors (Lipinski definition) is 3. The van der Waals surface area contributed by atoms with Gasteiger partial charge in [-0.3, -0.25) is 0 Å². The first-order valence-corrected chi connectivity index (χ1v) is 11.2. The number of aliphatic hydroxyl groups is 3. The van der Waals surface area contributed by atoms with Crippen molar-refractivity contribution in [3.63, 3.8) is 0 Å². The maximum atomic E-state index is 13.0. The molecular formula is C27H23F3N2O4. The number of alkyl halides is 3. The minimum Gasteiger partial charge on any atom is -0.457 e. The lowest BCUT2D eigenvalue weighted by atomic mass is 10.00. The molecule has 1 atom stereocenters. The van der Waals surface area contributed by atoms with Crippen LogP contribution in [-0.4, -0.2) is 33.1 Å². The van der Waals surface area contributed by atoms with Crippen LogP contribution in [0.15, 0.2) is 66.9 Å². The second-order valence-electron chi connectivity index (χ2n) is 8.20. The summed E-state index contributed by atoms with van der Waals surface area (Å²) >= 11 is 0. The number of fused-ring (bicyclic) bond motifs is 1. The number of hydrogen-bond acceptors (Lipinski definition) is 5. The van der Waals surface area contributed by atoms with Gasteiger partial charge in [-0.2, -0.15) is 18.4 Å². The molecule has 1 aromatic heterocycles. The van der Waals surface area contributed by atoms with E-state index in [4.69, 9.17) is 10.00 Å². The van der Waals surface area contributed by atoms with E-state index in [1.807, 2.05) is 16.8 Å². The Kier molecular flexibility index (Phi) is 7.31. The number of nitriles is 1. The number of benzene rings is 3. The molecule has 0 aliphatic carbocycles. The van der Waals surface area contributed by atoms with E-state index in [0.29, 0.717) is 24.2 Å². The molecule has 0 aliphatic rings. The van der Waals surface area contributed by atoms with Crippen LogP contribution in [0, 0.1) is 11.3 Å². The Hall–Kier alpha value is -3.84. The number of halogens is 3. The largest absolute Gasteiger partial charge is 0.457 e. The standard InChI is InChI=1S/C27H23F3N2O4/c28-27(29,30)23-11-10-21(13-18(23)14-31)36-20-8-6-19(7-9-20)32-15-17(3-2-12-33)26-22(25(35)16-34)4-1-5-24(26)32/h1,4-11,13,15,25,33-35H,2-3,12,16H2. The summed E-state index contributed by atoms with van der Waals surface area (Å²) in [6.07, 6.45) is -2.65. The van der Waals surface area contributed by atoms with Crippen LogP contribution in [0.1, 0.15) is 34.8 Å². The molecule has 0 fully saturated rings. The molecule has 186 valence electrons. The van der Waals surface area contributed by atoms with Gasteiger partial charge >= 0.3 is 6.18 Å². The summed E-state index contributed by atoms with van der Waals surface area (Å²) in [6.45, 7) is -0.409. The fourth-order valence-electron chi connectivity index (χ4n) is 4.18. The van der Waals surface area contributed by atoms with Gasteiger partial charge in [-0.05, 0) is 72.5 Å². The van der Waals surface area contributed by atoms with Crippen LogP contribution in [-0.2, 0) is 12.6 Å². The Labute approximate surface area is 205 Å². The number of aryl methyl sites for hydroxylation is 1. The van der Waals surface area contributed by atoms with Crippen LogP contribution < -0.4 is 4.74 Å². The first kappa shape index (κ1) is 25.3. The highest BCUT2D eigenvalue weighted by atomic mass is 19.4. The number of aromatic nitrogens is 1. The third-order valence-corrected chi connectivity index (χ3v) is 5.84. The lowest BCUT2D eigenvalue weighted by Crippen LogP contribution is -2.07. The highest BCUT2D eigenvalue weighted by molar-refractivity contribution is 5.89. The SMILES string of the molecule is N#Cc1cc(Oc2ccc(-n3cc(CCCO)c4c(C(O)CO)cccc43)cc2)ccc1C(F)(F)F. The molecule has 6 nitrogen and oxygen atoms in total. The Morgan fingerprint density at radius 2 is 1.72 bits per heavy atom. The third-order valence-electron chi connectivity index (χ3n) is 5.84. The number of rotatable bonds is 8. The average Bonchev–Trinajstić information content (AvgIpc) is 3.25. The quantitative estimate of drug-likeness (QED) is 0.309. The van der Waals surface area contributed by atoms with E-state index in [9.17, 15) is 28.5 Å². The molecule has 1 heterocycles. The molecule has 0 saturated heterocycles. The fourth-order valence-corrected chi connectivity index (χ4v) is 4.18. The monoisotopic (exact) mass is 496 g/mol. The Balaban J connectivity index is 1.67. The molecule has 0 amide bonds. The zero-order valence-electron chi connectivity index (χ0n) is 19.0. The Morgan fingerprint density at radius 1 is 1.00 bits per heavy atom. The number of nitrogens with zero attached hydrogens (tertiary/aromatic N) is 2. The van der Waals surface area contributed by atoms with Gasteiger partial charge in [0.15, 0.2) is 0 Å². The second kappa shape index (κ2) is 10.4. The molecule has 0 radical (unpaired) electrons. The van der Waals surface area contributed by atoms with Crippen molar-refractivity contribution in [3.8, 4) is 23.3 Å². The molecule has 9 heteroatoms. The Bertz CT molecular complexity index is 1410. The van der Waals surface area contributed by atoms with Crippen LogP contribution >= 0.6 is 0 Å². The summed E-state index contributed by atoms with van der Waals surface area (Å²) in [6, 6.07) is 16.9. The van der Waals surface area contributed by atoms with Crippen molar-refractivity contribution in [2.24, 2.45) is 0 Å². The van der Waals surface area contributed by atoms with Gasteiger partial charge in [0.05, 0.1) is 29.3 Å². The molecular weight excluding hydrogens is 473 g/mol. The highest BCUT2D eigenvalue weighted by Crippen LogP contribution is 2.35. The summed E-state index contributed by atoms with van der Waals surface area (Å²) in [7, 11) is 0. The normalized spacial score (nSPS) is 12.5. The van der Waals surface area contributed by atoms with E-state index in [1.165, 1.54) is 6.07 Å². The van der Waals surface area contributed by atoms with Gasteiger partial charge < -0.3 is 24.6 Å².